The molecule has 1 aromatic carbocycles. The fraction of sp³-hybridized carbons (Fsp3) is 0.353. The van der Waals surface area contributed by atoms with Crippen LogP contribution in [0.15, 0.2) is 46.1 Å². The second kappa shape index (κ2) is 7.24. The third-order valence-corrected chi connectivity index (χ3v) is 4.15. The zero-order chi connectivity index (χ0) is 18.8. The van der Waals surface area contributed by atoms with Crippen LogP contribution in [0.5, 0.6) is 0 Å². The molecule has 0 unspecified atom stereocenters. The molecule has 1 aliphatic rings. The topological polar surface area (TPSA) is 131 Å². The van der Waals surface area contributed by atoms with Crippen LogP contribution in [-0.4, -0.2) is 50.7 Å². The lowest BCUT2D eigenvalue weighted by Gasteiger charge is -2.17. The Morgan fingerprint density at radius 1 is 1.23 bits per heavy atom. The Balaban J connectivity index is 1.72. The van der Waals surface area contributed by atoms with E-state index in [1.807, 2.05) is 0 Å². The molecular formula is C17H18N2O7. The van der Waals surface area contributed by atoms with Gasteiger partial charge in [-0.2, -0.15) is 0 Å². The molecule has 2 heterocycles. The fourth-order valence-electron chi connectivity index (χ4n) is 2.69. The number of aromatic nitrogens is 2. The predicted molar refractivity (Wildman–Crippen MR) is 88.7 cm³/mol. The summed E-state index contributed by atoms with van der Waals surface area (Å²) >= 11 is 0. The van der Waals surface area contributed by atoms with E-state index in [2.05, 4.69) is 4.98 Å². The molecule has 0 aliphatic carbocycles. The van der Waals surface area contributed by atoms with Gasteiger partial charge in [-0.25, -0.2) is 9.59 Å². The second-order valence-electron chi connectivity index (χ2n) is 5.99. The number of esters is 1. The maximum atomic E-state index is 12.0. The zero-order valence-electron chi connectivity index (χ0n) is 13.9. The zero-order valence-corrected chi connectivity index (χ0v) is 13.9. The Bertz CT molecular complexity index is 905. The summed E-state index contributed by atoms with van der Waals surface area (Å²) in [6.45, 7) is 1.19. The fourth-order valence-corrected chi connectivity index (χ4v) is 2.69. The number of aliphatic hydroxyl groups excluding tert-OH is 2. The van der Waals surface area contributed by atoms with Gasteiger partial charge in [-0.15, -0.1) is 0 Å². The van der Waals surface area contributed by atoms with Crippen LogP contribution in [0.25, 0.3) is 0 Å². The van der Waals surface area contributed by atoms with Crippen molar-refractivity contribution in [2.45, 2.75) is 31.5 Å². The van der Waals surface area contributed by atoms with Gasteiger partial charge in [-0.1, -0.05) is 18.2 Å². The van der Waals surface area contributed by atoms with Crippen molar-refractivity contribution in [1.29, 1.82) is 0 Å². The van der Waals surface area contributed by atoms with Crippen LogP contribution in [0.1, 0.15) is 22.1 Å². The van der Waals surface area contributed by atoms with Gasteiger partial charge in [0.25, 0.3) is 5.56 Å². The van der Waals surface area contributed by atoms with Gasteiger partial charge in [0.1, 0.15) is 24.9 Å². The summed E-state index contributed by atoms with van der Waals surface area (Å²) in [7, 11) is 0. The van der Waals surface area contributed by atoms with Crippen molar-refractivity contribution >= 4 is 5.97 Å². The molecule has 3 N–H and O–H groups in total. The SMILES string of the molecule is Cc1cn([C@@H]2O[C@H](COC(=O)c3ccccc3)[C@H](O)[C@@H]2O)c(=O)[nH]c1=O. The minimum atomic E-state index is -1.43. The summed E-state index contributed by atoms with van der Waals surface area (Å²) < 4.78 is 11.6. The summed E-state index contributed by atoms with van der Waals surface area (Å²) in [6.07, 6.45) is -3.81. The predicted octanol–water partition coefficient (Wildman–Crippen LogP) is -0.679. The average molecular weight is 362 g/mol. The molecule has 0 saturated carbocycles. The highest BCUT2D eigenvalue weighted by molar-refractivity contribution is 5.89. The summed E-state index contributed by atoms with van der Waals surface area (Å²) in [6, 6.07) is 8.28. The first-order valence-corrected chi connectivity index (χ1v) is 7.94. The number of hydrogen-bond donors (Lipinski definition) is 3. The Kier molecular flexibility index (Phi) is 5.03. The summed E-state index contributed by atoms with van der Waals surface area (Å²) in [4.78, 5) is 37.4. The molecule has 3 rings (SSSR count). The standard InChI is InChI=1S/C17H18N2O7/c1-9-7-19(17(24)18-14(9)22)15-13(21)12(20)11(26-15)8-25-16(23)10-5-3-2-4-6-10/h2-7,11-13,15,20-21H,8H2,1H3,(H,18,22,24)/t11-,12+,13+,15-/m1/s1. The molecule has 0 radical (unpaired) electrons. The molecule has 0 bridgehead atoms. The number of carbonyl (C=O) groups is 1. The third-order valence-electron chi connectivity index (χ3n) is 4.15. The highest BCUT2D eigenvalue weighted by Crippen LogP contribution is 2.28. The molecule has 1 fully saturated rings. The molecular weight excluding hydrogens is 344 g/mol. The van der Waals surface area contributed by atoms with E-state index in [-0.39, 0.29) is 12.2 Å². The Hall–Kier alpha value is -2.75. The molecule has 9 nitrogen and oxygen atoms in total. The van der Waals surface area contributed by atoms with E-state index in [0.717, 1.165) is 4.57 Å². The van der Waals surface area contributed by atoms with Crippen molar-refractivity contribution in [3.05, 3.63) is 68.5 Å². The van der Waals surface area contributed by atoms with E-state index < -0.39 is 41.8 Å². The molecule has 138 valence electrons. The monoisotopic (exact) mass is 362 g/mol. The van der Waals surface area contributed by atoms with Crippen molar-refractivity contribution in [1.82, 2.24) is 9.55 Å². The van der Waals surface area contributed by atoms with E-state index in [4.69, 9.17) is 9.47 Å². The highest BCUT2D eigenvalue weighted by atomic mass is 16.6. The number of carbonyl (C=O) groups excluding carboxylic acids is 1. The second-order valence-corrected chi connectivity index (χ2v) is 5.99. The molecule has 0 amide bonds. The summed E-state index contributed by atoms with van der Waals surface area (Å²) in [5.74, 6) is -0.601. The lowest BCUT2D eigenvalue weighted by Crippen LogP contribution is -2.38. The normalized spacial score (nSPS) is 25.2. The van der Waals surface area contributed by atoms with Crippen molar-refractivity contribution in [3.8, 4) is 0 Å². The molecule has 1 saturated heterocycles. The Labute approximate surface area is 147 Å². The van der Waals surface area contributed by atoms with Gasteiger partial charge in [-0.3, -0.25) is 14.3 Å². The first kappa shape index (κ1) is 18.1. The van der Waals surface area contributed by atoms with E-state index in [0.29, 0.717) is 5.56 Å². The minimum Gasteiger partial charge on any atom is -0.459 e. The maximum absolute atomic E-state index is 12.0. The van der Waals surface area contributed by atoms with Crippen molar-refractivity contribution in [2.24, 2.45) is 0 Å². The van der Waals surface area contributed by atoms with Crippen molar-refractivity contribution in [2.75, 3.05) is 6.61 Å². The number of aliphatic hydroxyl groups is 2. The molecule has 1 aliphatic heterocycles. The van der Waals surface area contributed by atoms with Gasteiger partial charge in [-0.05, 0) is 19.1 Å². The number of rotatable bonds is 4. The maximum Gasteiger partial charge on any atom is 0.338 e. The van der Waals surface area contributed by atoms with Gasteiger partial charge in [0, 0.05) is 11.8 Å². The quantitative estimate of drug-likeness (QED) is 0.614. The Morgan fingerprint density at radius 2 is 1.92 bits per heavy atom. The van der Waals surface area contributed by atoms with E-state index in [9.17, 15) is 24.6 Å². The van der Waals surface area contributed by atoms with Gasteiger partial charge in [0.15, 0.2) is 6.23 Å². The summed E-state index contributed by atoms with van der Waals surface area (Å²) in [5, 5.41) is 20.3. The molecule has 0 spiro atoms. The van der Waals surface area contributed by atoms with Crippen molar-refractivity contribution in [3.63, 3.8) is 0 Å². The average Bonchev–Trinajstić information content (AvgIpc) is 2.91. The lowest BCUT2D eigenvalue weighted by molar-refractivity contribution is -0.0599. The number of aryl methyl sites for hydroxylation is 1. The van der Waals surface area contributed by atoms with E-state index >= 15 is 0 Å². The van der Waals surface area contributed by atoms with Crippen LogP contribution >= 0.6 is 0 Å². The van der Waals surface area contributed by atoms with Crippen LogP contribution in [0.2, 0.25) is 0 Å². The number of hydrogen-bond acceptors (Lipinski definition) is 7. The number of benzene rings is 1. The van der Waals surface area contributed by atoms with Gasteiger partial charge in [0.05, 0.1) is 5.56 Å². The number of nitrogens with one attached hydrogen (secondary N) is 1. The number of H-pyrrole nitrogens is 1. The van der Waals surface area contributed by atoms with Crippen LogP contribution in [0.3, 0.4) is 0 Å². The molecule has 9 heteroatoms. The Morgan fingerprint density at radius 3 is 2.62 bits per heavy atom. The number of aromatic amines is 1. The van der Waals surface area contributed by atoms with Crippen molar-refractivity contribution < 1.29 is 24.5 Å². The summed E-state index contributed by atoms with van der Waals surface area (Å²) in [5.41, 5.74) is -0.746. The number of nitrogens with zero attached hydrogens (tertiary/aromatic N) is 1. The van der Waals surface area contributed by atoms with Crippen LogP contribution in [0, 0.1) is 6.92 Å². The largest absolute Gasteiger partial charge is 0.459 e. The minimum absolute atomic E-state index is 0.244. The van der Waals surface area contributed by atoms with E-state index in [1.54, 1.807) is 30.3 Å². The molecule has 1 aromatic heterocycles. The van der Waals surface area contributed by atoms with Gasteiger partial charge < -0.3 is 19.7 Å². The lowest BCUT2D eigenvalue weighted by atomic mass is 10.1. The highest BCUT2D eigenvalue weighted by Gasteiger charge is 2.44. The van der Waals surface area contributed by atoms with Gasteiger partial charge in [0.2, 0.25) is 0 Å². The third kappa shape index (κ3) is 3.45. The van der Waals surface area contributed by atoms with Crippen LogP contribution < -0.4 is 11.2 Å². The first-order chi connectivity index (χ1) is 12.4. The van der Waals surface area contributed by atoms with Crippen LogP contribution in [0.4, 0.5) is 0 Å². The molecule has 26 heavy (non-hydrogen) atoms. The molecule has 4 atom stereocenters. The van der Waals surface area contributed by atoms with E-state index in [1.165, 1.54) is 13.1 Å². The smallest absolute Gasteiger partial charge is 0.338 e. The van der Waals surface area contributed by atoms with Gasteiger partial charge >= 0.3 is 11.7 Å². The van der Waals surface area contributed by atoms with Crippen LogP contribution in [-0.2, 0) is 9.47 Å². The number of ether oxygens (including phenoxy) is 2. The first-order valence-electron chi connectivity index (χ1n) is 7.94. The molecule has 2 aromatic rings.